The Balaban J connectivity index is 1.92. The molecule has 1 atom stereocenters. The fourth-order valence-corrected chi connectivity index (χ4v) is 2.66. The maximum atomic E-state index is 9.57. The van der Waals surface area contributed by atoms with Gasteiger partial charge in [0, 0.05) is 18.9 Å². The van der Waals surface area contributed by atoms with Gasteiger partial charge in [0.25, 0.3) is 0 Å². The van der Waals surface area contributed by atoms with Crippen molar-refractivity contribution in [2.24, 2.45) is 7.05 Å². The number of aromatic nitrogens is 3. The molecule has 0 saturated carbocycles. The highest BCUT2D eigenvalue weighted by Gasteiger charge is 2.23. The first-order valence-electron chi connectivity index (χ1n) is 7.14. The fraction of sp³-hybridized carbons (Fsp3) is 0.176. The van der Waals surface area contributed by atoms with Crippen LogP contribution in [-0.2, 0) is 7.05 Å². The summed E-state index contributed by atoms with van der Waals surface area (Å²) in [5.41, 5.74) is 3.52. The number of rotatable bonds is 3. The molecule has 0 fully saturated rings. The highest BCUT2D eigenvalue weighted by molar-refractivity contribution is 7.80. The first kappa shape index (κ1) is 15.1. The van der Waals surface area contributed by atoms with E-state index in [0.29, 0.717) is 10.8 Å². The molecule has 1 N–H and O–H groups in total. The topological polar surface area (TPSA) is 66.5 Å². The van der Waals surface area contributed by atoms with E-state index in [-0.39, 0.29) is 0 Å². The lowest BCUT2D eigenvalue weighted by atomic mass is 10.1. The SMILES string of the molecule is Cc1ccc(NC(=S)[C@@H](C#N)c2nc3cccnc3n2C)cc1. The molecule has 0 aliphatic rings. The minimum absolute atomic E-state index is 0.426. The second-order valence-electron chi connectivity index (χ2n) is 5.29. The van der Waals surface area contributed by atoms with Gasteiger partial charge >= 0.3 is 0 Å². The normalized spacial score (nSPS) is 11.9. The van der Waals surface area contributed by atoms with E-state index in [1.165, 1.54) is 5.56 Å². The molecular weight excluding hydrogens is 306 g/mol. The number of nitrogens with one attached hydrogen (secondary N) is 1. The molecule has 5 nitrogen and oxygen atoms in total. The maximum Gasteiger partial charge on any atom is 0.159 e. The van der Waals surface area contributed by atoms with E-state index in [0.717, 1.165) is 16.9 Å². The van der Waals surface area contributed by atoms with Gasteiger partial charge in [-0.3, -0.25) is 0 Å². The van der Waals surface area contributed by atoms with Crippen molar-refractivity contribution in [2.75, 3.05) is 5.32 Å². The molecule has 0 unspecified atom stereocenters. The third-order valence-electron chi connectivity index (χ3n) is 3.63. The van der Waals surface area contributed by atoms with Gasteiger partial charge in [0.15, 0.2) is 11.6 Å². The zero-order valence-corrected chi connectivity index (χ0v) is 13.6. The van der Waals surface area contributed by atoms with Gasteiger partial charge in [-0.25, -0.2) is 9.97 Å². The highest BCUT2D eigenvalue weighted by atomic mass is 32.1. The molecule has 114 valence electrons. The molecule has 3 rings (SSSR count). The molecular formula is C17H15N5S. The van der Waals surface area contributed by atoms with E-state index in [2.05, 4.69) is 21.4 Å². The number of thiocarbonyl (C=S) groups is 1. The highest BCUT2D eigenvalue weighted by Crippen LogP contribution is 2.22. The van der Waals surface area contributed by atoms with Crippen LogP contribution >= 0.6 is 12.2 Å². The van der Waals surface area contributed by atoms with Gasteiger partial charge in [0.05, 0.1) is 6.07 Å². The van der Waals surface area contributed by atoms with Crippen LogP contribution in [0.5, 0.6) is 0 Å². The molecule has 2 aromatic heterocycles. The molecule has 0 amide bonds. The van der Waals surface area contributed by atoms with Gasteiger partial charge in [0.2, 0.25) is 0 Å². The molecule has 1 aromatic carbocycles. The molecule has 6 heteroatoms. The minimum atomic E-state index is -0.634. The quantitative estimate of drug-likeness (QED) is 0.750. The number of aryl methyl sites for hydroxylation is 2. The van der Waals surface area contributed by atoms with Crippen LogP contribution in [0, 0.1) is 18.3 Å². The van der Waals surface area contributed by atoms with E-state index < -0.39 is 5.92 Å². The van der Waals surface area contributed by atoms with Gasteiger partial charge in [-0.1, -0.05) is 29.9 Å². The molecule has 0 radical (unpaired) electrons. The van der Waals surface area contributed by atoms with Crippen molar-refractivity contribution < 1.29 is 0 Å². The van der Waals surface area contributed by atoms with Crippen LogP contribution in [0.1, 0.15) is 17.3 Å². The lowest BCUT2D eigenvalue weighted by Gasteiger charge is -2.13. The smallest absolute Gasteiger partial charge is 0.159 e. The molecule has 3 aromatic rings. The summed E-state index contributed by atoms with van der Waals surface area (Å²) in [6.45, 7) is 2.02. The number of benzene rings is 1. The van der Waals surface area contributed by atoms with Gasteiger partial charge in [-0.15, -0.1) is 0 Å². The monoisotopic (exact) mass is 321 g/mol. The predicted molar refractivity (Wildman–Crippen MR) is 94.3 cm³/mol. The summed E-state index contributed by atoms with van der Waals surface area (Å²) in [5, 5.41) is 12.7. The largest absolute Gasteiger partial charge is 0.349 e. The van der Waals surface area contributed by atoms with E-state index in [4.69, 9.17) is 12.2 Å². The van der Waals surface area contributed by atoms with Crippen LogP contribution in [0.2, 0.25) is 0 Å². The van der Waals surface area contributed by atoms with E-state index >= 15 is 0 Å². The Morgan fingerprint density at radius 3 is 2.70 bits per heavy atom. The van der Waals surface area contributed by atoms with Gasteiger partial charge in [-0.05, 0) is 31.2 Å². The zero-order valence-electron chi connectivity index (χ0n) is 12.8. The maximum absolute atomic E-state index is 9.57. The van der Waals surface area contributed by atoms with Crippen LogP contribution in [-0.4, -0.2) is 19.5 Å². The van der Waals surface area contributed by atoms with Crippen LogP contribution in [0.3, 0.4) is 0 Å². The lowest BCUT2D eigenvalue weighted by molar-refractivity contribution is 0.826. The van der Waals surface area contributed by atoms with Crippen molar-refractivity contribution in [2.45, 2.75) is 12.8 Å². The predicted octanol–water partition coefficient (Wildman–Crippen LogP) is 3.32. The third kappa shape index (κ3) is 2.91. The standard InChI is InChI=1S/C17H15N5S/c1-11-5-7-12(8-6-11)20-17(23)13(10-18)15-21-14-4-3-9-19-16(14)22(15)2/h3-9,13H,1-2H3,(H,20,23)/t13-/m0/s1. The summed E-state index contributed by atoms with van der Waals surface area (Å²) in [4.78, 5) is 9.23. The fourth-order valence-electron chi connectivity index (χ4n) is 2.38. The second-order valence-corrected chi connectivity index (χ2v) is 5.73. The van der Waals surface area contributed by atoms with Crippen LogP contribution in [0.4, 0.5) is 5.69 Å². The van der Waals surface area contributed by atoms with Crippen LogP contribution in [0.25, 0.3) is 11.2 Å². The van der Waals surface area contributed by atoms with Gasteiger partial charge in [-0.2, -0.15) is 5.26 Å². The average Bonchev–Trinajstić information content (AvgIpc) is 2.88. The first-order chi connectivity index (χ1) is 11.1. The van der Waals surface area contributed by atoms with Crippen molar-refractivity contribution in [1.29, 1.82) is 5.26 Å². The van der Waals surface area contributed by atoms with E-state index in [1.807, 2.05) is 54.9 Å². The zero-order chi connectivity index (χ0) is 16.4. The van der Waals surface area contributed by atoms with Crippen molar-refractivity contribution in [1.82, 2.24) is 14.5 Å². The molecule has 0 bridgehead atoms. The number of imidazole rings is 1. The molecule has 23 heavy (non-hydrogen) atoms. The number of nitriles is 1. The Morgan fingerprint density at radius 1 is 1.30 bits per heavy atom. The Morgan fingerprint density at radius 2 is 2.04 bits per heavy atom. The van der Waals surface area contributed by atoms with Crippen molar-refractivity contribution in [3.63, 3.8) is 0 Å². The number of hydrogen-bond acceptors (Lipinski definition) is 4. The Hall–Kier alpha value is -2.78. The summed E-state index contributed by atoms with van der Waals surface area (Å²) in [5.74, 6) is -0.0451. The van der Waals surface area contributed by atoms with Crippen molar-refractivity contribution >= 4 is 34.1 Å². The van der Waals surface area contributed by atoms with E-state index in [1.54, 1.807) is 6.20 Å². The van der Waals surface area contributed by atoms with Gasteiger partial charge < -0.3 is 9.88 Å². The summed E-state index contributed by atoms with van der Waals surface area (Å²) < 4.78 is 1.81. The van der Waals surface area contributed by atoms with Crippen molar-refractivity contribution in [3.8, 4) is 6.07 Å². The summed E-state index contributed by atoms with van der Waals surface area (Å²) >= 11 is 5.43. The molecule has 0 spiro atoms. The average molecular weight is 321 g/mol. The summed E-state index contributed by atoms with van der Waals surface area (Å²) in [7, 11) is 1.84. The molecule has 2 heterocycles. The Labute approximate surface area is 139 Å². The molecule has 0 aliphatic heterocycles. The Kier molecular flexibility index (Phi) is 4.04. The Bertz CT molecular complexity index is 905. The number of fused-ring (bicyclic) bond motifs is 1. The lowest BCUT2D eigenvalue weighted by Crippen LogP contribution is -2.20. The van der Waals surface area contributed by atoms with Crippen LogP contribution in [0.15, 0.2) is 42.6 Å². The summed E-state index contributed by atoms with van der Waals surface area (Å²) in [6, 6.07) is 13.8. The van der Waals surface area contributed by atoms with Crippen molar-refractivity contribution in [3.05, 3.63) is 54.0 Å². The van der Waals surface area contributed by atoms with E-state index in [9.17, 15) is 5.26 Å². The minimum Gasteiger partial charge on any atom is -0.349 e. The first-order valence-corrected chi connectivity index (χ1v) is 7.55. The van der Waals surface area contributed by atoms with Crippen LogP contribution < -0.4 is 5.32 Å². The number of anilines is 1. The number of nitrogens with zero attached hydrogens (tertiary/aromatic N) is 4. The number of hydrogen-bond donors (Lipinski definition) is 1. The number of pyridine rings is 1. The molecule has 0 saturated heterocycles. The molecule has 0 aliphatic carbocycles. The second kappa shape index (κ2) is 6.15. The third-order valence-corrected chi connectivity index (χ3v) is 3.97. The van der Waals surface area contributed by atoms with Gasteiger partial charge in [0.1, 0.15) is 16.3 Å². The summed E-state index contributed by atoms with van der Waals surface area (Å²) in [6.07, 6.45) is 1.71.